The summed E-state index contributed by atoms with van der Waals surface area (Å²) in [7, 11) is 0. The van der Waals surface area contributed by atoms with Gasteiger partial charge in [0.1, 0.15) is 6.04 Å². The van der Waals surface area contributed by atoms with Crippen molar-refractivity contribution in [1.82, 2.24) is 10.1 Å². The van der Waals surface area contributed by atoms with Crippen LogP contribution in [-0.4, -0.2) is 10.1 Å². The van der Waals surface area contributed by atoms with Crippen molar-refractivity contribution in [2.24, 2.45) is 5.73 Å². The van der Waals surface area contributed by atoms with Gasteiger partial charge < -0.3 is 10.3 Å². The van der Waals surface area contributed by atoms with E-state index < -0.39 is 0 Å². The fraction of sp³-hybridized carbons (Fsp3) is 0.176. The van der Waals surface area contributed by atoms with Crippen LogP contribution in [0.4, 0.5) is 0 Å². The van der Waals surface area contributed by atoms with Gasteiger partial charge in [-0.2, -0.15) is 4.98 Å². The minimum atomic E-state index is -0.372. The normalized spacial score (nSPS) is 17.9. The molecule has 0 spiro atoms. The summed E-state index contributed by atoms with van der Waals surface area (Å²) in [5, 5.41) is 4.12. The Morgan fingerprint density at radius 3 is 2.62 bits per heavy atom. The molecule has 0 bridgehead atoms. The lowest BCUT2D eigenvalue weighted by Gasteiger charge is -2.27. The van der Waals surface area contributed by atoms with Gasteiger partial charge in [-0.1, -0.05) is 59.8 Å². The van der Waals surface area contributed by atoms with Crippen molar-refractivity contribution in [2.75, 3.05) is 0 Å². The number of nitrogens with two attached hydrogens (primary N) is 1. The zero-order valence-corrected chi connectivity index (χ0v) is 11.4. The first kappa shape index (κ1) is 12.3. The highest BCUT2D eigenvalue weighted by Crippen LogP contribution is 2.38. The minimum absolute atomic E-state index is 0.238. The Hall–Kier alpha value is -2.46. The molecule has 2 N–H and O–H groups in total. The summed E-state index contributed by atoms with van der Waals surface area (Å²) in [6.07, 6.45) is 0.968. The second-order valence-electron chi connectivity index (χ2n) is 5.33. The van der Waals surface area contributed by atoms with E-state index >= 15 is 0 Å². The van der Waals surface area contributed by atoms with E-state index in [-0.39, 0.29) is 12.0 Å². The highest BCUT2D eigenvalue weighted by molar-refractivity contribution is 5.43. The molecule has 21 heavy (non-hydrogen) atoms. The molecule has 1 aromatic heterocycles. The first-order chi connectivity index (χ1) is 10.3. The molecular formula is C17H15N3O. The van der Waals surface area contributed by atoms with Gasteiger partial charge in [0.25, 0.3) is 0 Å². The largest absolute Gasteiger partial charge is 0.337 e. The van der Waals surface area contributed by atoms with Crippen molar-refractivity contribution in [3.05, 3.63) is 83.0 Å². The molecule has 1 aliphatic carbocycles. The summed E-state index contributed by atoms with van der Waals surface area (Å²) in [5.74, 6) is 1.44. The molecule has 4 heteroatoms. The minimum Gasteiger partial charge on any atom is -0.337 e. The standard InChI is InChI=1S/C17H15N3O/c18-15(11-6-2-1-3-7-11)17-19-16(20-21-17)14-10-12-8-4-5-9-13(12)14/h1-9,14-15H,10,18H2/t14?,15-/m1/s1. The van der Waals surface area contributed by atoms with E-state index in [4.69, 9.17) is 10.3 Å². The monoisotopic (exact) mass is 277 g/mol. The van der Waals surface area contributed by atoms with E-state index in [9.17, 15) is 0 Å². The third-order valence-corrected chi connectivity index (χ3v) is 4.05. The van der Waals surface area contributed by atoms with Crippen molar-refractivity contribution >= 4 is 0 Å². The first-order valence-electron chi connectivity index (χ1n) is 7.05. The van der Waals surface area contributed by atoms with Crippen LogP contribution in [0.3, 0.4) is 0 Å². The number of aromatic nitrogens is 2. The van der Waals surface area contributed by atoms with Gasteiger partial charge in [0.05, 0.1) is 5.92 Å². The maximum Gasteiger partial charge on any atom is 0.248 e. The number of fused-ring (bicyclic) bond motifs is 1. The highest BCUT2D eigenvalue weighted by Gasteiger charge is 2.31. The van der Waals surface area contributed by atoms with Crippen LogP contribution in [0.25, 0.3) is 0 Å². The first-order valence-corrected chi connectivity index (χ1v) is 7.05. The number of nitrogens with zero attached hydrogens (tertiary/aromatic N) is 2. The van der Waals surface area contributed by atoms with Gasteiger partial charge >= 0.3 is 0 Å². The lowest BCUT2D eigenvalue weighted by atomic mass is 9.77. The zero-order chi connectivity index (χ0) is 14.2. The van der Waals surface area contributed by atoms with Crippen LogP contribution in [0.5, 0.6) is 0 Å². The number of benzene rings is 2. The van der Waals surface area contributed by atoms with Crippen LogP contribution in [0.1, 0.15) is 40.4 Å². The zero-order valence-electron chi connectivity index (χ0n) is 11.4. The summed E-state index contributed by atoms with van der Waals surface area (Å²) in [5.41, 5.74) is 9.81. The maximum absolute atomic E-state index is 6.19. The molecule has 0 saturated heterocycles. The Morgan fingerprint density at radius 2 is 1.81 bits per heavy atom. The van der Waals surface area contributed by atoms with E-state index in [1.54, 1.807) is 0 Å². The van der Waals surface area contributed by atoms with Crippen LogP contribution in [0.15, 0.2) is 59.1 Å². The van der Waals surface area contributed by atoms with Crippen molar-refractivity contribution in [1.29, 1.82) is 0 Å². The molecule has 0 aliphatic heterocycles. The molecule has 0 amide bonds. The Morgan fingerprint density at radius 1 is 1.05 bits per heavy atom. The summed E-state index contributed by atoms with van der Waals surface area (Å²) >= 11 is 0. The van der Waals surface area contributed by atoms with Crippen LogP contribution < -0.4 is 5.73 Å². The van der Waals surface area contributed by atoms with E-state index in [2.05, 4.69) is 28.3 Å². The summed E-state index contributed by atoms with van der Waals surface area (Å²) in [6.45, 7) is 0. The summed E-state index contributed by atoms with van der Waals surface area (Å²) < 4.78 is 5.37. The van der Waals surface area contributed by atoms with Crippen LogP contribution in [0.2, 0.25) is 0 Å². The molecule has 1 aliphatic rings. The lowest BCUT2D eigenvalue weighted by Crippen LogP contribution is -2.19. The molecular weight excluding hydrogens is 262 g/mol. The lowest BCUT2D eigenvalue weighted by molar-refractivity contribution is 0.360. The van der Waals surface area contributed by atoms with Crippen LogP contribution in [-0.2, 0) is 6.42 Å². The van der Waals surface area contributed by atoms with E-state index in [1.807, 2.05) is 36.4 Å². The van der Waals surface area contributed by atoms with Crippen LogP contribution >= 0.6 is 0 Å². The Kier molecular flexibility index (Phi) is 2.82. The van der Waals surface area contributed by atoms with E-state index in [0.717, 1.165) is 17.8 Å². The van der Waals surface area contributed by atoms with Gasteiger partial charge in [-0.15, -0.1) is 0 Å². The smallest absolute Gasteiger partial charge is 0.248 e. The van der Waals surface area contributed by atoms with Gasteiger partial charge in [-0.05, 0) is 23.1 Å². The number of hydrogen-bond acceptors (Lipinski definition) is 4. The summed E-state index contributed by atoms with van der Waals surface area (Å²) in [4.78, 5) is 4.50. The highest BCUT2D eigenvalue weighted by atomic mass is 16.5. The van der Waals surface area contributed by atoms with E-state index in [0.29, 0.717) is 5.89 Å². The Balaban J connectivity index is 1.60. The average molecular weight is 277 g/mol. The molecule has 2 atom stereocenters. The Bertz CT molecular complexity index is 750. The second-order valence-corrected chi connectivity index (χ2v) is 5.33. The fourth-order valence-corrected chi connectivity index (χ4v) is 2.81. The predicted molar refractivity (Wildman–Crippen MR) is 78.8 cm³/mol. The molecule has 1 unspecified atom stereocenters. The number of rotatable bonds is 3. The molecule has 1 heterocycles. The molecule has 4 nitrogen and oxygen atoms in total. The fourth-order valence-electron chi connectivity index (χ4n) is 2.81. The van der Waals surface area contributed by atoms with Crippen molar-refractivity contribution in [3.63, 3.8) is 0 Å². The quantitative estimate of drug-likeness (QED) is 0.799. The maximum atomic E-state index is 6.19. The molecule has 4 rings (SSSR count). The predicted octanol–water partition coefficient (Wildman–Crippen LogP) is 2.81. The SMILES string of the molecule is N[C@H](c1ccccc1)c1nc(C2Cc3ccccc32)no1. The summed E-state index contributed by atoms with van der Waals surface area (Å²) in [6, 6.07) is 17.8. The van der Waals surface area contributed by atoms with Gasteiger partial charge in [0, 0.05) is 0 Å². The molecule has 3 aromatic rings. The molecule has 2 aromatic carbocycles. The molecule has 104 valence electrons. The second kappa shape index (κ2) is 4.82. The molecule has 0 fully saturated rings. The van der Waals surface area contributed by atoms with Gasteiger partial charge in [-0.25, -0.2) is 0 Å². The third-order valence-electron chi connectivity index (χ3n) is 4.05. The van der Waals surface area contributed by atoms with Crippen molar-refractivity contribution < 1.29 is 4.52 Å². The van der Waals surface area contributed by atoms with Gasteiger partial charge in [0.15, 0.2) is 5.82 Å². The number of hydrogen-bond donors (Lipinski definition) is 1. The van der Waals surface area contributed by atoms with Gasteiger partial charge in [-0.3, -0.25) is 0 Å². The average Bonchev–Trinajstić information content (AvgIpc) is 2.98. The van der Waals surface area contributed by atoms with Gasteiger partial charge in [0.2, 0.25) is 5.89 Å². The topological polar surface area (TPSA) is 64.9 Å². The van der Waals surface area contributed by atoms with Crippen molar-refractivity contribution in [3.8, 4) is 0 Å². The van der Waals surface area contributed by atoms with Crippen LogP contribution in [0, 0.1) is 0 Å². The molecule has 0 saturated carbocycles. The third kappa shape index (κ3) is 2.04. The Labute approximate surface area is 122 Å². The molecule has 0 radical (unpaired) electrons. The van der Waals surface area contributed by atoms with Crippen molar-refractivity contribution in [2.45, 2.75) is 18.4 Å². The van der Waals surface area contributed by atoms with E-state index in [1.165, 1.54) is 11.1 Å².